The minimum atomic E-state index is 0.290. The number of aromatic nitrogens is 3. The predicted octanol–water partition coefficient (Wildman–Crippen LogP) is 3.17. The predicted molar refractivity (Wildman–Crippen MR) is 131 cm³/mol. The zero-order valence-corrected chi connectivity index (χ0v) is 19.4. The molecule has 0 radical (unpaired) electrons. The molecule has 8 nitrogen and oxygen atoms in total. The van der Waals surface area contributed by atoms with Crippen molar-refractivity contribution in [3.8, 4) is 11.6 Å². The van der Waals surface area contributed by atoms with E-state index in [0.29, 0.717) is 12.6 Å². The molecule has 1 fully saturated rings. The highest BCUT2D eigenvalue weighted by atomic mass is 16.5. The Morgan fingerprint density at radius 1 is 1.12 bits per heavy atom. The van der Waals surface area contributed by atoms with Gasteiger partial charge in [-0.3, -0.25) is 9.47 Å². The van der Waals surface area contributed by atoms with Crippen LogP contribution in [-0.4, -0.2) is 58.7 Å². The van der Waals surface area contributed by atoms with Gasteiger partial charge in [0.15, 0.2) is 5.96 Å². The second-order valence-electron chi connectivity index (χ2n) is 8.10. The first-order valence-electron chi connectivity index (χ1n) is 11.6. The Morgan fingerprint density at radius 3 is 2.58 bits per heavy atom. The molecule has 1 saturated heterocycles. The number of ether oxygens (including phenoxy) is 1. The molecule has 0 aliphatic carbocycles. The standard InChI is InChI=1S/C25H33N7O/c1-3-27-25(29-17-20-6-11-24(28-16-20)32-15-12-26-19-32)30-18-23(31-13-4-5-14-31)21-7-9-22(33-2)10-8-21/h6-12,15-16,19,23H,3-5,13-14,17-18H2,1-2H3,(H2,27,29,30). The Bertz CT molecular complexity index is 994. The fraction of sp³-hybridized carbons (Fsp3) is 0.400. The van der Waals surface area contributed by atoms with Gasteiger partial charge in [-0.1, -0.05) is 18.2 Å². The number of nitrogens with zero attached hydrogens (tertiary/aromatic N) is 5. The van der Waals surface area contributed by atoms with Gasteiger partial charge in [-0.25, -0.2) is 15.0 Å². The monoisotopic (exact) mass is 447 g/mol. The van der Waals surface area contributed by atoms with Crippen molar-refractivity contribution in [1.82, 2.24) is 30.1 Å². The van der Waals surface area contributed by atoms with Crippen molar-refractivity contribution >= 4 is 5.96 Å². The maximum atomic E-state index is 5.34. The van der Waals surface area contributed by atoms with Crippen LogP contribution >= 0.6 is 0 Å². The largest absolute Gasteiger partial charge is 0.497 e. The molecular weight excluding hydrogens is 414 g/mol. The van der Waals surface area contributed by atoms with E-state index < -0.39 is 0 Å². The summed E-state index contributed by atoms with van der Waals surface area (Å²) in [5, 5.41) is 6.93. The molecule has 3 heterocycles. The van der Waals surface area contributed by atoms with Gasteiger partial charge in [-0.2, -0.15) is 0 Å². The fourth-order valence-electron chi connectivity index (χ4n) is 4.10. The molecule has 0 spiro atoms. The van der Waals surface area contributed by atoms with Crippen LogP contribution in [0.3, 0.4) is 0 Å². The number of likely N-dealkylation sites (tertiary alicyclic amines) is 1. The van der Waals surface area contributed by atoms with E-state index in [-0.39, 0.29) is 0 Å². The SMILES string of the molecule is CCNC(=NCc1ccc(-n2ccnc2)nc1)NCC(c1ccc(OC)cc1)N1CCCC1. The Balaban J connectivity index is 1.42. The van der Waals surface area contributed by atoms with E-state index in [9.17, 15) is 0 Å². The van der Waals surface area contributed by atoms with Gasteiger partial charge in [-0.15, -0.1) is 0 Å². The smallest absolute Gasteiger partial charge is 0.191 e. The highest BCUT2D eigenvalue weighted by molar-refractivity contribution is 5.79. The lowest BCUT2D eigenvalue weighted by Gasteiger charge is -2.29. The molecule has 2 aromatic heterocycles. The molecular formula is C25H33N7O. The van der Waals surface area contributed by atoms with Gasteiger partial charge in [0, 0.05) is 31.7 Å². The summed E-state index contributed by atoms with van der Waals surface area (Å²) in [5.41, 5.74) is 2.35. The molecule has 0 bridgehead atoms. The van der Waals surface area contributed by atoms with E-state index in [2.05, 4.69) is 50.6 Å². The molecule has 1 aromatic carbocycles. The molecule has 1 aliphatic heterocycles. The summed E-state index contributed by atoms with van der Waals surface area (Å²) in [6.07, 6.45) is 9.74. The average Bonchev–Trinajstić information content (AvgIpc) is 3.58. The molecule has 174 valence electrons. The number of hydrogen-bond donors (Lipinski definition) is 2. The fourth-order valence-corrected chi connectivity index (χ4v) is 4.10. The summed E-state index contributed by atoms with van der Waals surface area (Å²) < 4.78 is 7.22. The molecule has 1 unspecified atom stereocenters. The van der Waals surface area contributed by atoms with Crippen molar-refractivity contribution in [2.45, 2.75) is 32.4 Å². The molecule has 33 heavy (non-hydrogen) atoms. The topological polar surface area (TPSA) is 79.6 Å². The number of methoxy groups -OCH3 is 1. The highest BCUT2D eigenvalue weighted by Crippen LogP contribution is 2.26. The normalized spacial score (nSPS) is 15.4. The Hall–Kier alpha value is -3.39. The summed E-state index contributed by atoms with van der Waals surface area (Å²) >= 11 is 0. The minimum Gasteiger partial charge on any atom is -0.497 e. The molecule has 2 N–H and O–H groups in total. The van der Waals surface area contributed by atoms with Gasteiger partial charge in [-0.05, 0) is 62.2 Å². The molecule has 0 amide bonds. The quantitative estimate of drug-likeness (QED) is 0.387. The second kappa shape index (κ2) is 11.5. The van der Waals surface area contributed by atoms with E-state index in [1.165, 1.54) is 18.4 Å². The third kappa shape index (κ3) is 6.10. The van der Waals surface area contributed by atoms with Gasteiger partial charge in [0.25, 0.3) is 0 Å². The zero-order chi connectivity index (χ0) is 22.9. The van der Waals surface area contributed by atoms with E-state index in [1.807, 2.05) is 35.2 Å². The average molecular weight is 448 g/mol. The van der Waals surface area contributed by atoms with Crippen LogP contribution in [0.4, 0.5) is 0 Å². The number of guanidine groups is 1. The van der Waals surface area contributed by atoms with Crippen molar-refractivity contribution < 1.29 is 4.74 Å². The first kappa shape index (κ1) is 22.8. The summed E-state index contributed by atoms with van der Waals surface area (Å²) in [4.78, 5) is 15.9. The van der Waals surface area contributed by atoms with Gasteiger partial charge >= 0.3 is 0 Å². The van der Waals surface area contributed by atoms with Crippen LogP contribution in [0.5, 0.6) is 5.75 Å². The Labute approximate surface area is 195 Å². The van der Waals surface area contributed by atoms with E-state index >= 15 is 0 Å². The lowest BCUT2D eigenvalue weighted by Crippen LogP contribution is -2.42. The molecule has 3 aromatic rings. The molecule has 8 heteroatoms. The molecule has 1 atom stereocenters. The van der Waals surface area contributed by atoms with E-state index in [4.69, 9.17) is 9.73 Å². The van der Waals surface area contributed by atoms with Crippen LogP contribution in [-0.2, 0) is 6.54 Å². The zero-order valence-electron chi connectivity index (χ0n) is 19.4. The van der Waals surface area contributed by atoms with Crippen molar-refractivity contribution in [2.75, 3.05) is 33.3 Å². The van der Waals surface area contributed by atoms with Crippen LogP contribution in [0.25, 0.3) is 5.82 Å². The third-order valence-electron chi connectivity index (χ3n) is 5.89. The minimum absolute atomic E-state index is 0.290. The van der Waals surface area contributed by atoms with Crippen LogP contribution in [0.15, 0.2) is 66.3 Å². The van der Waals surface area contributed by atoms with Crippen molar-refractivity contribution in [2.24, 2.45) is 4.99 Å². The van der Waals surface area contributed by atoms with Gasteiger partial charge in [0.1, 0.15) is 17.9 Å². The maximum absolute atomic E-state index is 5.34. The van der Waals surface area contributed by atoms with Gasteiger partial charge < -0.3 is 15.4 Å². The number of aliphatic imine (C=N–C) groups is 1. The first-order chi connectivity index (χ1) is 16.3. The number of pyridine rings is 1. The summed E-state index contributed by atoms with van der Waals surface area (Å²) in [6, 6.07) is 12.7. The number of rotatable bonds is 9. The molecule has 4 rings (SSSR count). The summed E-state index contributed by atoms with van der Waals surface area (Å²) in [6.45, 7) is 6.49. The Morgan fingerprint density at radius 2 is 1.94 bits per heavy atom. The lowest BCUT2D eigenvalue weighted by molar-refractivity contribution is 0.245. The van der Waals surface area contributed by atoms with Gasteiger partial charge in [0.2, 0.25) is 0 Å². The number of nitrogens with one attached hydrogen (secondary N) is 2. The Kier molecular flexibility index (Phi) is 7.92. The maximum Gasteiger partial charge on any atom is 0.191 e. The second-order valence-corrected chi connectivity index (χ2v) is 8.10. The van der Waals surface area contributed by atoms with Crippen LogP contribution in [0.2, 0.25) is 0 Å². The number of hydrogen-bond acceptors (Lipinski definition) is 5. The van der Waals surface area contributed by atoms with E-state index in [1.54, 1.807) is 19.6 Å². The lowest BCUT2D eigenvalue weighted by atomic mass is 10.1. The number of benzene rings is 1. The summed E-state index contributed by atoms with van der Waals surface area (Å²) in [7, 11) is 1.70. The van der Waals surface area contributed by atoms with Crippen LogP contribution in [0.1, 0.15) is 36.9 Å². The third-order valence-corrected chi connectivity index (χ3v) is 5.89. The van der Waals surface area contributed by atoms with Crippen LogP contribution < -0.4 is 15.4 Å². The van der Waals surface area contributed by atoms with Crippen molar-refractivity contribution in [1.29, 1.82) is 0 Å². The first-order valence-corrected chi connectivity index (χ1v) is 11.6. The van der Waals surface area contributed by atoms with Gasteiger partial charge in [0.05, 0.1) is 19.7 Å². The molecule has 1 aliphatic rings. The van der Waals surface area contributed by atoms with Crippen molar-refractivity contribution in [3.63, 3.8) is 0 Å². The highest BCUT2D eigenvalue weighted by Gasteiger charge is 2.23. The summed E-state index contributed by atoms with van der Waals surface area (Å²) in [5.74, 6) is 2.54. The molecule has 0 saturated carbocycles. The van der Waals surface area contributed by atoms with E-state index in [0.717, 1.165) is 49.3 Å². The van der Waals surface area contributed by atoms with Crippen LogP contribution in [0, 0.1) is 0 Å². The number of imidazole rings is 1. The van der Waals surface area contributed by atoms with Crippen molar-refractivity contribution in [3.05, 3.63) is 72.4 Å².